The van der Waals surface area contributed by atoms with Crippen molar-refractivity contribution in [3.8, 4) is 17.1 Å². The van der Waals surface area contributed by atoms with Crippen LogP contribution in [0.4, 0.5) is 13.2 Å². The van der Waals surface area contributed by atoms with E-state index in [1.807, 2.05) is 0 Å². The third kappa shape index (κ3) is 5.21. The molecule has 1 saturated heterocycles. The molecule has 2 heterocycles. The van der Waals surface area contributed by atoms with Gasteiger partial charge in [-0.1, -0.05) is 36.4 Å². The highest BCUT2D eigenvalue weighted by Gasteiger charge is 2.31. The molecule has 33 heavy (non-hydrogen) atoms. The van der Waals surface area contributed by atoms with Gasteiger partial charge in [0.2, 0.25) is 11.7 Å². The number of amides is 2. The average molecular weight is 457 g/mol. The van der Waals surface area contributed by atoms with Crippen molar-refractivity contribution in [1.29, 1.82) is 0 Å². The molecule has 1 aromatic heterocycles. The van der Waals surface area contributed by atoms with Crippen molar-refractivity contribution in [2.75, 3.05) is 19.6 Å². The van der Waals surface area contributed by atoms with Gasteiger partial charge in [-0.3, -0.25) is 9.59 Å². The Morgan fingerprint density at radius 2 is 1.73 bits per heavy atom. The highest BCUT2D eigenvalue weighted by atomic mass is 19.4. The van der Waals surface area contributed by atoms with Crippen LogP contribution in [0.3, 0.4) is 0 Å². The lowest BCUT2D eigenvalue weighted by Crippen LogP contribution is -2.33. The summed E-state index contributed by atoms with van der Waals surface area (Å²) in [6, 6.07) is 13.4. The molecule has 7 nitrogen and oxygen atoms in total. The highest BCUT2D eigenvalue weighted by molar-refractivity contribution is 5.91. The summed E-state index contributed by atoms with van der Waals surface area (Å²) in [7, 11) is 0. The summed E-state index contributed by atoms with van der Waals surface area (Å²) in [4.78, 5) is 30.9. The van der Waals surface area contributed by atoms with Gasteiger partial charge in [0.1, 0.15) is 0 Å². The molecule has 1 N–H and O–H groups in total. The zero-order valence-corrected chi connectivity index (χ0v) is 17.7. The average Bonchev–Trinajstić information content (AvgIpc) is 3.50. The summed E-state index contributed by atoms with van der Waals surface area (Å²) in [5.41, 5.74) is -0.119. The van der Waals surface area contributed by atoms with Gasteiger partial charge in [0, 0.05) is 31.6 Å². The quantitative estimate of drug-likeness (QED) is 0.612. The first-order valence-electron chi connectivity index (χ1n) is 10.6. The second-order valence-electron chi connectivity index (χ2n) is 7.68. The van der Waals surface area contributed by atoms with Crippen LogP contribution in [0, 0.1) is 0 Å². The molecule has 0 spiro atoms. The maximum atomic E-state index is 13.2. The fourth-order valence-electron chi connectivity index (χ4n) is 3.66. The van der Waals surface area contributed by atoms with Crippen LogP contribution >= 0.6 is 0 Å². The Morgan fingerprint density at radius 1 is 1.00 bits per heavy atom. The first-order valence-corrected chi connectivity index (χ1v) is 10.6. The molecule has 1 fully saturated rings. The number of nitrogens with zero attached hydrogens (tertiary/aromatic N) is 4. The Labute approximate surface area is 188 Å². The lowest BCUT2D eigenvalue weighted by atomic mass is 10.2. The SMILES string of the molecule is O=C(NCCC(=O)N1CCCC1)c1nc(-c2ccccc2)n(-c2cccc(C(F)(F)F)c2)n1. The van der Waals surface area contributed by atoms with Crippen molar-refractivity contribution in [2.45, 2.75) is 25.4 Å². The number of likely N-dealkylation sites (tertiary alicyclic amines) is 1. The molecule has 0 bridgehead atoms. The second kappa shape index (κ2) is 9.43. The van der Waals surface area contributed by atoms with Crippen molar-refractivity contribution >= 4 is 11.8 Å². The highest BCUT2D eigenvalue weighted by Crippen LogP contribution is 2.31. The lowest BCUT2D eigenvalue weighted by molar-refractivity contribution is -0.137. The van der Waals surface area contributed by atoms with E-state index in [2.05, 4.69) is 15.4 Å². The fourth-order valence-corrected chi connectivity index (χ4v) is 3.66. The summed E-state index contributed by atoms with van der Waals surface area (Å²) in [5.74, 6) is -0.597. The summed E-state index contributed by atoms with van der Waals surface area (Å²) < 4.78 is 40.9. The standard InChI is InChI=1S/C23H22F3N5O2/c24-23(25,26)17-9-6-10-18(15-17)31-21(16-7-2-1-3-8-16)28-20(29-31)22(33)27-12-11-19(32)30-13-4-5-14-30/h1-3,6-10,15H,4-5,11-14H2,(H,27,33). The lowest BCUT2D eigenvalue weighted by Gasteiger charge is -2.14. The van der Waals surface area contributed by atoms with Crippen LogP contribution in [0.25, 0.3) is 17.1 Å². The number of alkyl halides is 3. The first kappa shape index (κ1) is 22.5. The minimum Gasteiger partial charge on any atom is -0.349 e. The third-order valence-electron chi connectivity index (χ3n) is 5.34. The molecule has 1 aliphatic heterocycles. The Kier molecular flexibility index (Phi) is 6.43. The number of halogens is 3. The van der Waals surface area contributed by atoms with Gasteiger partial charge in [0.25, 0.3) is 5.91 Å². The number of hydrogen-bond acceptors (Lipinski definition) is 4. The van der Waals surface area contributed by atoms with E-state index in [4.69, 9.17) is 0 Å². The van der Waals surface area contributed by atoms with E-state index in [1.54, 1.807) is 35.2 Å². The molecular formula is C23H22F3N5O2. The maximum Gasteiger partial charge on any atom is 0.416 e. The van der Waals surface area contributed by atoms with Crippen molar-refractivity contribution < 1.29 is 22.8 Å². The van der Waals surface area contributed by atoms with Crippen LogP contribution in [0.5, 0.6) is 0 Å². The smallest absolute Gasteiger partial charge is 0.349 e. The molecule has 2 amide bonds. The number of carbonyl (C=O) groups is 2. The van der Waals surface area contributed by atoms with Crippen molar-refractivity contribution in [3.05, 3.63) is 66.0 Å². The summed E-state index contributed by atoms with van der Waals surface area (Å²) >= 11 is 0. The van der Waals surface area contributed by atoms with Gasteiger partial charge in [-0.2, -0.15) is 13.2 Å². The van der Waals surface area contributed by atoms with Crippen molar-refractivity contribution in [1.82, 2.24) is 25.0 Å². The van der Waals surface area contributed by atoms with Gasteiger partial charge in [-0.15, -0.1) is 5.10 Å². The predicted octanol–water partition coefficient (Wildman–Crippen LogP) is 3.70. The van der Waals surface area contributed by atoms with Crippen LogP contribution < -0.4 is 5.32 Å². The van der Waals surface area contributed by atoms with E-state index >= 15 is 0 Å². The third-order valence-corrected chi connectivity index (χ3v) is 5.34. The van der Waals surface area contributed by atoms with Crippen LogP contribution in [-0.4, -0.2) is 51.1 Å². The van der Waals surface area contributed by atoms with Crippen molar-refractivity contribution in [2.24, 2.45) is 0 Å². The Bertz CT molecular complexity index is 1140. The van der Waals surface area contributed by atoms with E-state index < -0.39 is 17.6 Å². The normalized spacial score (nSPS) is 13.8. The second-order valence-corrected chi connectivity index (χ2v) is 7.68. The zero-order chi connectivity index (χ0) is 23.4. The van der Waals surface area contributed by atoms with Gasteiger partial charge >= 0.3 is 6.18 Å². The van der Waals surface area contributed by atoms with Crippen LogP contribution in [-0.2, 0) is 11.0 Å². The molecule has 0 aliphatic carbocycles. The molecule has 10 heteroatoms. The van der Waals surface area contributed by atoms with Crippen molar-refractivity contribution in [3.63, 3.8) is 0 Å². The number of nitrogens with one attached hydrogen (secondary N) is 1. The van der Waals surface area contributed by atoms with E-state index in [-0.39, 0.29) is 36.2 Å². The predicted molar refractivity (Wildman–Crippen MR) is 115 cm³/mol. The minimum atomic E-state index is -4.52. The zero-order valence-electron chi connectivity index (χ0n) is 17.7. The summed E-state index contributed by atoms with van der Waals surface area (Å²) in [5, 5.41) is 6.81. The van der Waals surface area contributed by atoms with Gasteiger partial charge in [0.05, 0.1) is 11.3 Å². The monoisotopic (exact) mass is 457 g/mol. The molecule has 172 valence electrons. The molecule has 3 aromatic rings. The Balaban J connectivity index is 1.58. The maximum absolute atomic E-state index is 13.2. The molecule has 0 unspecified atom stereocenters. The van der Waals surface area contributed by atoms with Crippen LogP contribution in [0.1, 0.15) is 35.4 Å². The molecule has 1 aliphatic rings. The molecule has 4 rings (SSSR count). The molecule has 2 aromatic carbocycles. The summed E-state index contributed by atoms with van der Waals surface area (Å²) in [6.45, 7) is 1.58. The molecule has 0 atom stereocenters. The number of rotatable bonds is 6. The van der Waals surface area contributed by atoms with Crippen LogP contribution in [0.2, 0.25) is 0 Å². The Hall–Kier alpha value is -3.69. The number of benzene rings is 2. The van der Waals surface area contributed by atoms with E-state index in [0.29, 0.717) is 5.56 Å². The Morgan fingerprint density at radius 3 is 2.42 bits per heavy atom. The number of aromatic nitrogens is 3. The van der Waals surface area contributed by atoms with Gasteiger partial charge in [-0.25, -0.2) is 9.67 Å². The van der Waals surface area contributed by atoms with Gasteiger partial charge in [0.15, 0.2) is 5.82 Å². The topological polar surface area (TPSA) is 80.1 Å². The van der Waals surface area contributed by atoms with E-state index in [0.717, 1.165) is 38.1 Å². The fraction of sp³-hybridized carbons (Fsp3) is 0.304. The molecular weight excluding hydrogens is 435 g/mol. The molecule has 0 saturated carbocycles. The van der Waals surface area contributed by atoms with E-state index in [1.165, 1.54) is 16.8 Å². The van der Waals surface area contributed by atoms with Gasteiger partial charge in [-0.05, 0) is 31.0 Å². The van der Waals surface area contributed by atoms with Gasteiger partial charge < -0.3 is 10.2 Å². The molecule has 0 radical (unpaired) electrons. The van der Waals surface area contributed by atoms with Crippen LogP contribution in [0.15, 0.2) is 54.6 Å². The number of hydrogen-bond donors (Lipinski definition) is 1. The number of carbonyl (C=O) groups excluding carboxylic acids is 2. The largest absolute Gasteiger partial charge is 0.416 e. The summed E-state index contributed by atoms with van der Waals surface area (Å²) in [6.07, 6.45) is -2.40. The minimum absolute atomic E-state index is 0.0276. The first-order chi connectivity index (χ1) is 15.8. The van der Waals surface area contributed by atoms with E-state index in [9.17, 15) is 22.8 Å².